The predicted molar refractivity (Wildman–Crippen MR) is 63.0 cm³/mol. The van der Waals surface area contributed by atoms with Crippen LogP contribution in [0, 0.1) is 5.41 Å². The van der Waals surface area contributed by atoms with Crippen LogP contribution in [-0.2, 0) is 11.2 Å². The van der Waals surface area contributed by atoms with E-state index in [4.69, 9.17) is 0 Å². The molecule has 0 saturated heterocycles. The van der Waals surface area contributed by atoms with E-state index in [-0.39, 0.29) is 5.41 Å². The third-order valence-electron chi connectivity index (χ3n) is 3.49. The van der Waals surface area contributed by atoms with Crippen LogP contribution in [-0.4, -0.2) is 12.3 Å². The fraction of sp³-hybridized carbons (Fsp3) is 0.417. The molecule has 3 heteroatoms. The van der Waals surface area contributed by atoms with Crippen LogP contribution in [0.5, 0.6) is 0 Å². The minimum atomic E-state index is -0.0223. The summed E-state index contributed by atoms with van der Waals surface area (Å²) in [5, 5.41) is 3.40. The van der Waals surface area contributed by atoms with E-state index < -0.39 is 0 Å². The number of hydrogen-bond acceptors (Lipinski definition) is 2. The average molecular weight is 266 g/mol. The highest BCUT2D eigenvalue weighted by Gasteiger charge is 2.49. The van der Waals surface area contributed by atoms with Crippen molar-refractivity contribution in [2.45, 2.75) is 19.3 Å². The van der Waals surface area contributed by atoms with Crippen LogP contribution >= 0.6 is 15.9 Å². The van der Waals surface area contributed by atoms with Crippen LogP contribution in [0.2, 0.25) is 0 Å². The number of rotatable bonds is 0. The zero-order chi connectivity index (χ0) is 10.5. The van der Waals surface area contributed by atoms with Gasteiger partial charge in [0.25, 0.3) is 0 Å². The molecular formula is C12H12BrNO. The van der Waals surface area contributed by atoms with Gasteiger partial charge in [0.05, 0.1) is 0 Å². The maximum atomic E-state index is 12.0. The SMILES string of the molecule is O=C1Cc2ccc(Br)cc2NCC12CC2. The van der Waals surface area contributed by atoms with Crippen molar-refractivity contribution in [3.63, 3.8) is 0 Å². The predicted octanol–water partition coefficient (Wildman–Crippen LogP) is 2.77. The van der Waals surface area contributed by atoms with Crippen LogP contribution < -0.4 is 5.32 Å². The summed E-state index contributed by atoms with van der Waals surface area (Å²) in [5.74, 6) is 0.413. The molecule has 1 heterocycles. The lowest BCUT2D eigenvalue weighted by atomic mass is 9.97. The van der Waals surface area contributed by atoms with Gasteiger partial charge in [-0.25, -0.2) is 0 Å². The molecule has 1 spiro atoms. The largest absolute Gasteiger partial charge is 0.384 e. The average Bonchev–Trinajstić information content (AvgIpc) is 3.00. The number of hydrogen-bond donors (Lipinski definition) is 1. The molecule has 0 amide bonds. The van der Waals surface area contributed by atoms with E-state index in [1.165, 1.54) is 0 Å². The molecule has 1 fully saturated rings. The van der Waals surface area contributed by atoms with E-state index >= 15 is 0 Å². The number of benzene rings is 1. The number of carbonyl (C=O) groups excluding carboxylic acids is 1. The molecule has 1 aromatic carbocycles. The topological polar surface area (TPSA) is 29.1 Å². The molecule has 1 N–H and O–H groups in total. The number of fused-ring (bicyclic) bond motifs is 1. The Morgan fingerprint density at radius 3 is 2.87 bits per heavy atom. The molecular weight excluding hydrogens is 254 g/mol. The molecule has 2 nitrogen and oxygen atoms in total. The Kier molecular flexibility index (Phi) is 1.93. The van der Waals surface area contributed by atoms with Crippen LogP contribution in [0.3, 0.4) is 0 Å². The number of anilines is 1. The second-order valence-electron chi connectivity index (χ2n) is 4.54. The standard InChI is InChI=1S/C12H12BrNO/c13-9-2-1-8-5-11(15)12(3-4-12)7-14-10(8)6-9/h1-2,6,14H,3-5,7H2. The van der Waals surface area contributed by atoms with E-state index in [2.05, 4.69) is 27.3 Å². The smallest absolute Gasteiger partial charge is 0.145 e. The summed E-state index contributed by atoms with van der Waals surface area (Å²) in [6.07, 6.45) is 2.72. The molecule has 0 aromatic heterocycles. The zero-order valence-corrected chi connectivity index (χ0v) is 9.93. The Hall–Kier alpha value is -0.830. The van der Waals surface area contributed by atoms with Crippen LogP contribution in [0.15, 0.2) is 22.7 Å². The third kappa shape index (κ3) is 1.49. The van der Waals surface area contributed by atoms with E-state index in [9.17, 15) is 4.79 Å². The summed E-state index contributed by atoms with van der Waals surface area (Å²) in [6, 6.07) is 6.09. The second-order valence-corrected chi connectivity index (χ2v) is 5.45. The van der Waals surface area contributed by atoms with Gasteiger partial charge in [-0.15, -0.1) is 0 Å². The van der Waals surface area contributed by atoms with Gasteiger partial charge in [0, 0.05) is 28.5 Å². The Bertz CT molecular complexity index is 437. The Morgan fingerprint density at radius 1 is 1.33 bits per heavy atom. The molecule has 2 aliphatic rings. The summed E-state index contributed by atoms with van der Waals surface area (Å²) in [5.41, 5.74) is 2.22. The van der Waals surface area contributed by atoms with E-state index in [0.29, 0.717) is 12.2 Å². The first-order valence-corrected chi connectivity index (χ1v) is 6.05. The lowest BCUT2D eigenvalue weighted by Crippen LogP contribution is -2.22. The molecule has 15 heavy (non-hydrogen) atoms. The number of nitrogens with one attached hydrogen (secondary N) is 1. The molecule has 3 rings (SSSR count). The minimum Gasteiger partial charge on any atom is -0.384 e. The number of carbonyl (C=O) groups is 1. The molecule has 1 saturated carbocycles. The Labute approximate surface area is 97.2 Å². The number of halogens is 1. The van der Waals surface area contributed by atoms with E-state index in [0.717, 1.165) is 35.1 Å². The molecule has 0 unspecified atom stereocenters. The summed E-state index contributed by atoms with van der Waals surface area (Å²) >= 11 is 3.45. The highest BCUT2D eigenvalue weighted by molar-refractivity contribution is 9.10. The normalized spacial score (nSPS) is 21.8. The van der Waals surface area contributed by atoms with Gasteiger partial charge in [0.2, 0.25) is 0 Å². The first-order chi connectivity index (χ1) is 7.20. The summed E-state index contributed by atoms with van der Waals surface area (Å²) < 4.78 is 1.06. The highest BCUT2D eigenvalue weighted by Crippen LogP contribution is 2.49. The van der Waals surface area contributed by atoms with Gasteiger partial charge in [0.15, 0.2) is 0 Å². The van der Waals surface area contributed by atoms with E-state index in [1.807, 2.05) is 12.1 Å². The summed E-state index contributed by atoms with van der Waals surface area (Å²) in [4.78, 5) is 12.0. The minimum absolute atomic E-state index is 0.0223. The van der Waals surface area contributed by atoms with Crippen molar-refractivity contribution in [3.05, 3.63) is 28.2 Å². The van der Waals surface area contributed by atoms with Crippen LogP contribution in [0.1, 0.15) is 18.4 Å². The van der Waals surface area contributed by atoms with Crippen LogP contribution in [0.4, 0.5) is 5.69 Å². The summed E-state index contributed by atoms with van der Waals surface area (Å²) in [7, 11) is 0. The molecule has 0 bridgehead atoms. The second kappa shape index (κ2) is 3.08. The van der Waals surface area contributed by atoms with E-state index in [1.54, 1.807) is 0 Å². The number of Topliss-reactive ketones (excluding diaryl/α,β-unsaturated/α-hetero) is 1. The van der Waals surface area contributed by atoms with Gasteiger partial charge in [0.1, 0.15) is 5.78 Å². The number of ketones is 1. The third-order valence-corrected chi connectivity index (χ3v) is 3.98. The van der Waals surface area contributed by atoms with Gasteiger partial charge < -0.3 is 5.32 Å². The molecule has 1 aromatic rings. The van der Waals surface area contributed by atoms with Crippen molar-refractivity contribution >= 4 is 27.4 Å². The molecule has 1 aliphatic carbocycles. The van der Waals surface area contributed by atoms with Crippen molar-refractivity contribution in [2.24, 2.45) is 5.41 Å². The fourth-order valence-corrected chi connectivity index (χ4v) is 2.56. The van der Waals surface area contributed by atoms with Crippen molar-refractivity contribution < 1.29 is 4.79 Å². The fourth-order valence-electron chi connectivity index (χ4n) is 2.20. The maximum absolute atomic E-state index is 12.0. The Morgan fingerprint density at radius 2 is 2.13 bits per heavy atom. The Balaban J connectivity index is 2.00. The van der Waals surface area contributed by atoms with Crippen molar-refractivity contribution in [3.8, 4) is 0 Å². The first-order valence-electron chi connectivity index (χ1n) is 5.25. The molecule has 0 atom stereocenters. The first kappa shape index (κ1) is 9.40. The maximum Gasteiger partial charge on any atom is 0.145 e. The van der Waals surface area contributed by atoms with Gasteiger partial charge in [-0.1, -0.05) is 22.0 Å². The zero-order valence-electron chi connectivity index (χ0n) is 8.35. The monoisotopic (exact) mass is 265 g/mol. The lowest BCUT2D eigenvalue weighted by Gasteiger charge is -2.10. The molecule has 1 aliphatic heterocycles. The van der Waals surface area contributed by atoms with Gasteiger partial charge in [-0.05, 0) is 30.5 Å². The van der Waals surface area contributed by atoms with Gasteiger partial charge >= 0.3 is 0 Å². The summed E-state index contributed by atoms with van der Waals surface area (Å²) in [6.45, 7) is 0.815. The van der Waals surface area contributed by atoms with Gasteiger partial charge in [-0.2, -0.15) is 0 Å². The molecule has 0 radical (unpaired) electrons. The van der Waals surface area contributed by atoms with Crippen molar-refractivity contribution in [2.75, 3.05) is 11.9 Å². The van der Waals surface area contributed by atoms with Gasteiger partial charge in [-0.3, -0.25) is 4.79 Å². The van der Waals surface area contributed by atoms with Crippen molar-refractivity contribution in [1.29, 1.82) is 0 Å². The lowest BCUT2D eigenvalue weighted by molar-refractivity contribution is -0.122. The van der Waals surface area contributed by atoms with Crippen molar-refractivity contribution in [1.82, 2.24) is 0 Å². The quantitative estimate of drug-likeness (QED) is 0.782. The van der Waals surface area contributed by atoms with Crippen LogP contribution in [0.25, 0.3) is 0 Å². The molecule has 78 valence electrons. The highest BCUT2D eigenvalue weighted by atomic mass is 79.9.